The van der Waals surface area contributed by atoms with Crippen LogP contribution in [0, 0.1) is 6.92 Å². The molecule has 2 rings (SSSR count). The number of aromatic nitrogens is 1. The van der Waals surface area contributed by atoms with Gasteiger partial charge in [-0.2, -0.15) is 0 Å². The third kappa shape index (κ3) is 2.56. The molecule has 0 radical (unpaired) electrons. The summed E-state index contributed by atoms with van der Waals surface area (Å²) in [6.07, 6.45) is 3.40. The zero-order chi connectivity index (χ0) is 12.3. The van der Waals surface area contributed by atoms with Crippen molar-refractivity contribution in [2.75, 3.05) is 11.1 Å². The molecule has 0 aliphatic rings. The van der Waals surface area contributed by atoms with Crippen molar-refractivity contribution in [1.29, 1.82) is 0 Å². The summed E-state index contributed by atoms with van der Waals surface area (Å²) in [5, 5.41) is 3.40. The highest BCUT2D eigenvalue weighted by Gasteiger charge is 2.08. The molecule has 2 aromatic rings. The highest BCUT2D eigenvalue weighted by Crippen LogP contribution is 2.24. The fraction of sp³-hybridized carbons (Fsp3) is 0.214. The van der Waals surface area contributed by atoms with Crippen molar-refractivity contribution in [1.82, 2.24) is 4.98 Å². The molecule has 1 unspecified atom stereocenters. The van der Waals surface area contributed by atoms with Gasteiger partial charge in [0, 0.05) is 12.2 Å². The van der Waals surface area contributed by atoms with Gasteiger partial charge in [-0.3, -0.25) is 4.98 Å². The Balaban J connectivity index is 2.20. The van der Waals surface area contributed by atoms with Crippen LogP contribution in [0.2, 0.25) is 0 Å². The number of rotatable bonds is 3. The molecule has 0 fully saturated rings. The molecule has 1 aromatic carbocycles. The quantitative estimate of drug-likeness (QED) is 0.847. The van der Waals surface area contributed by atoms with E-state index in [-0.39, 0.29) is 6.04 Å². The van der Waals surface area contributed by atoms with Gasteiger partial charge in [-0.25, -0.2) is 0 Å². The van der Waals surface area contributed by atoms with E-state index in [1.807, 2.05) is 12.1 Å². The van der Waals surface area contributed by atoms with E-state index < -0.39 is 0 Å². The van der Waals surface area contributed by atoms with Crippen molar-refractivity contribution in [3.05, 3.63) is 53.9 Å². The highest BCUT2D eigenvalue weighted by molar-refractivity contribution is 5.65. The summed E-state index contributed by atoms with van der Waals surface area (Å²) in [4.78, 5) is 3.98. The number of aryl methyl sites for hydroxylation is 1. The fourth-order valence-corrected chi connectivity index (χ4v) is 1.92. The monoisotopic (exact) mass is 227 g/mol. The van der Waals surface area contributed by atoms with Crippen molar-refractivity contribution in [2.24, 2.45) is 0 Å². The molecule has 3 heteroatoms. The molecule has 88 valence electrons. The van der Waals surface area contributed by atoms with Crippen LogP contribution in [0.3, 0.4) is 0 Å². The Bertz CT molecular complexity index is 508. The summed E-state index contributed by atoms with van der Waals surface area (Å²) in [6.45, 7) is 4.24. The zero-order valence-electron chi connectivity index (χ0n) is 10.1. The highest BCUT2D eigenvalue weighted by atomic mass is 14.9. The number of hydrogen-bond acceptors (Lipinski definition) is 3. The van der Waals surface area contributed by atoms with Crippen molar-refractivity contribution in [2.45, 2.75) is 19.9 Å². The lowest BCUT2D eigenvalue weighted by molar-refractivity contribution is 0.874. The molecule has 1 heterocycles. The van der Waals surface area contributed by atoms with Gasteiger partial charge < -0.3 is 11.1 Å². The average Bonchev–Trinajstić information content (AvgIpc) is 2.32. The van der Waals surface area contributed by atoms with E-state index >= 15 is 0 Å². The van der Waals surface area contributed by atoms with Crippen LogP contribution in [-0.2, 0) is 0 Å². The number of anilines is 2. The van der Waals surface area contributed by atoms with Crippen molar-refractivity contribution in [3.8, 4) is 0 Å². The van der Waals surface area contributed by atoms with Crippen LogP contribution >= 0.6 is 0 Å². The lowest BCUT2D eigenvalue weighted by Gasteiger charge is -2.18. The predicted molar refractivity (Wildman–Crippen MR) is 71.9 cm³/mol. The molecular weight excluding hydrogens is 210 g/mol. The van der Waals surface area contributed by atoms with Crippen molar-refractivity contribution in [3.63, 3.8) is 0 Å². The Morgan fingerprint density at radius 1 is 1.24 bits per heavy atom. The number of pyridine rings is 1. The van der Waals surface area contributed by atoms with Gasteiger partial charge in [-0.15, -0.1) is 0 Å². The van der Waals surface area contributed by atoms with E-state index in [4.69, 9.17) is 5.73 Å². The minimum absolute atomic E-state index is 0.223. The molecule has 0 saturated carbocycles. The lowest BCUT2D eigenvalue weighted by Crippen LogP contribution is -2.09. The second-order valence-corrected chi connectivity index (χ2v) is 4.19. The van der Waals surface area contributed by atoms with Crippen LogP contribution in [0.5, 0.6) is 0 Å². The summed E-state index contributed by atoms with van der Waals surface area (Å²) in [5.74, 6) is 0. The first kappa shape index (κ1) is 11.5. The summed E-state index contributed by atoms with van der Waals surface area (Å²) in [6, 6.07) is 10.5. The maximum absolute atomic E-state index is 5.86. The Morgan fingerprint density at radius 2 is 2.00 bits per heavy atom. The minimum atomic E-state index is 0.223. The van der Waals surface area contributed by atoms with Crippen LogP contribution in [0.25, 0.3) is 0 Å². The van der Waals surface area contributed by atoms with Gasteiger partial charge in [0.2, 0.25) is 0 Å². The summed E-state index contributed by atoms with van der Waals surface area (Å²) in [7, 11) is 0. The number of nitrogens with zero attached hydrogens (tertiary/aromatic N) is 1. The van der Waals surface area contributed by atoms with Crippen LogP contribution in [0.1, 0.15) is 24.1 Å². The van der Waals surface area contributed by atoms with Crippen LogP contribution in [-0.4, -0.2) is 4.98 Å². The predicted octanol–water partition coefficient (Wildman–Crippen LogP) is 3.15. The van der Waals surface area contributed by atoms with Crippen LogP contribution < -0.4 is 11.1 Å². The summed E-state index contributed by atoms with van der Waals surface area (Å²) in [5.41, 5.74) is 10.0. The number of nitrogen functional groups attached to an aromatic ring is 1. The standard InChI is InChI=1S/C14H17N3/c1-10-5-3-4-6-12(10)11(2)17-14-7-8-16-9-13(14)15/h3-9,11H,15H2,1-2H3,(H,16,17). The van der Waals surface area contributed by atoms with Crippen molar-refractivity contribution >= 4 is 11.4 Å². The smallest absolute Gasteiger partial charge is 0.0736 e. The lowest BCUT2D eigenvalue weighted by atomic mass is 10.0. The fourth-order valence-electron chi connectivity index (χ4n) is 1.92. The Morgan fingerprint density at radius 3 is 2.71 bits per heavy atom. The normalized spacial score (nSPS) is 12.1. The van der Waals surface area contributed by atoms with E-state index in [2.05, 4.69) is 42.3 Å². The van der Waals surface area contributed by atoms with E-state index in [0.717, 1.165) is 5.69 Å². The molecule has 3 nitrogen and oxygen atoms in total. The number of nitrogens with one attached hydrogen (secondary N) is 1. The topological polar surface area (TPSA) is 50.9 Å². The molecule has 0 saturated heterocycles. The second-order valence-electron chi connectivity index (χ2n) is 4.19. The van der Waals surface area contributed by atoms with E-state index in [1.165, 1.54) is 11.1 Å². The molecule has 0 aliphatic heterocycles. The van der Waals surface area contributed by atoms with Gasteiger partial charge in [0.1, 0.15) is 0 Å². The number of benzene rings is 1. The molecule has 0 bridgehead atoms. The largest absolute Gasteiger partial charge is 0.396 e. The molecule has 0 amide bonds. The Hall–Kier alpha value is -2.03. The first-order valence-corrected chi connectivity index (χ1v) is 5.70. The maximum atomic E-state index is 5.86. The van der Waals surface area contributed by atoms with Gasteiger partial charge in [-0.1, -0.05) is 24.3 Å². The number of hydrogen-bond donors (Lipinski definition) is 2. The summed E-state index contributed by atoms with van der Waals surface area (Å²) < 4.78 is 0. The molecule has 3 N–H and O–H groups in total. The number of nitrogens with two attached hydrogens (primary N) is 1. The molecular formula is C14H17N3. The molecule has 0 spiro atoms. The Labute approximate surface area is 102 Å². The average molecular weight is 227 g/mol. The summed E-state index contributed by atoms with van der Waals surface area (Å²) >= 11 is 0. The van der Waals surface area contributed by atoms with Gasteiger partial charge in [0.05, 0.1) is 17.6 Å². The third-order valence-electron chi connectivity index (χ3n) is 2.88. The maximum Gasteiger partial charge on any atom is 0.0736 e. The molecule has 1 aromatic heterocycles. The minimum Gasteiger partial charge on any atom is -0.396 e. The van der Waals surface area contributed by atoms with Gasteiger partial charge in [-0.05, 0) is 31.0 Å². The molecule has 1 atom stereocenters. The van der Waals surface area contributed by atoms with Crippen molar-refractivity contribution < 1.29 is 0 Å². The third-order valence-corrected chi connectivity index (χ3v) is 2.88. The second kappa shape index (κ2) is 4.87. The zero-order valence-corrected chi connectivity index (χ0v) is 10.1. The SMILES string of the molecule is Cc1ccccc1C(C)Nc1ccncc1N. The van der Waals surface area contributed by atoms with E-state index in [1.54, 1.807) is 12.4 Å². The van der Waals surface area contributed by atoms with Crippen LogP contribution in [0.15, 0.2) is 42.7 Å². The molecule has 0 aliphatic carbocycles. The van der Waals surface area contributed by atoms with Gasteiger partial charge in [0.25, 0.3) is 0 Å². The van der Waals surface area contributed by atoms with Gasteiger partial charge >= 0.3 is 0 Å². The molecule has 17 heavy (non-hydrogen) atoms. The van der Waals surface area contributed by atoms with Crippen LogP contribution in [0.4, 0.5) is 11.4 Å². The van der Waals surface area contributed by atoms with Gasteiger partial charge in [0.15, 0.2) is 0 Å². The first-order valence-electron chi connectivity index (χ1n) is 5.70. The van der Waals surface area contributed by atoms with E-state index in [9.17, 15) is 0 Å². The van der Waals surface area contributed by atoms with E-state index in [0.29, 0.717) is 5.69 Å². The Kier molecular flexibility index (Phi) is 3.28. The first-order chi connectivity index (χ1) is 8.18.